The molecule has 0 spiro atoms. The van der Waals surface area contributed by atoms with Crippen LogP contribution in [0.1, 0.15) is 17.3 Å². The first-order valence-corrected chi connectivity index (χ1v) is 9.16. The van der Waals surface area contributed by atoms with Crippen molar-refractivity contribution >= 4 is 22.6 Å². The maximum atomic E-state index is 12.6. The molecule has 0 unspecified atom stereocenters. The average molecular weight is 386 g/mol. The molecule has 4 rings (SSSR count). The number of fused-ring (bicyclic) bond motifs is 1. The molecule has 4 aromatic rings. The van der Waals surface area contributed by atoms with Crippen LogP contribution in [-0.2, 0) is 0 Å². The second-order valence-corrected chi connectivity index (χ2v) is 6.34. The third-order valence-electron chi connectivity index (χ3n) is 4.36. The van der Waals surface area contributed by atoms with Crippen molar-refractivity contribution in [1.82, 2.24) is 4.98 Å². The van der Waals surface area contributed by atoms with E-state index < -0.39 is 0 Å². The van der Waals surface area contributed by atoms with Crippen LogP contribution in [0, 0.1) is 0 Å². The summed E-state index contributed by atoms with van der Waals surface area (Å²) in [4.78, 5) is 28.9. The minimum atomic E-state index is -0.298. The number of benzene rings is 2. The molecule has 29 heavy (non-hydrogen) atoms. The SMILES string of the molecule is CCOc1ccc(-c2cc(=O)c3cc(NC(=O)c4cccnc4)ccc3o2)cc1. The number of nitrogens with zero attached hydrogens (tertiary/aromatic N) is 1. The summed E-state index contributed by atoms with van der Waals surface area (Å²) >= 11 is 0. The van der Waals surface area contributed by atoms with Crippen molar-refractivity contribution in [2.45, 2.75) is 6.92 Å². The Balaban J connectivity index is 1.63. The van der Waals surface area contributed by atoms with E-state index in [1.165, 1.54) is 12.3 Å². The summed E-state index contributed by atoms with van der Waals surface area (Å²) in [5, 5.41) is 3.16. The molecule has 2 heterocycles. The van der Waals surface area contributed by atoms with Crippen molar-refractivity contribution < 1.29 is 13.9 Å². The van der Waals surface area contributed by atoms with E-state index in [2.05, 4.69) is 10.3 Å². The lowest BCUT2D eigenvalue weighted by atomic mass is 10.1. The molecule has 6 nitrogen and oxygen atoms in total. The van der Waals surface area contributed by atoms with Gasteiger partial charge in [-0.25, -0.2) is 0 Å². The van der Waals surface area contributed by atoms with Crippen molar-refractivity contribution in [3.05, 3.63) is 88.8 Å². The fraction of sp³-hybridized carbons (Fsp3) is 0.0870. The van der Waals surface area contributed by atoms with Crippen LogP contribution < -0.4 is 15.5 Å². The Morgan fingerprint density at radius 2 is 1.93 bits per heavy atom. The van der Waals surface area contributed by atoms with Gasteiger partial charge in [-0.05, 0) is 61.5 Å². The molecule has 0 atom stereocenters. The van der Waals surface area contributed by atoms with Crippen LogP contribution in [0.3, 0.4) is 0 Å². The topological polar surface area (TPSA) is 81.4 Å². The number of ether oxygens (including phenoxy) is 1. The first-order chi connectivity index (χ1) is 14.1. The highest BCUT2D eigenvalue weighted by Crippen LogP contribution is 2.25. The van der Waals surface area contributed by atoms with Crippen LogP contribution in [-0.4, -0.2) is 17.5 Å². The zero-order chi connectivity index (χ0) is 20.2. The fourth-order valence-corrected chi connectivity index (χ4v) is 2.96. The van der Waals surface area contributed by atoms with E-state index in [0.29, 0.717) is 34.6 Å². The van der Waals surface area contributed by atoms with Gasteiger partial charge in [0.2, 0.25) is 0 Å². The molecule has 0 saturated carbocycles. The number of aromatic nitrogens is 1. The molecule has 0 bridgehead atoms. The minimum Gasteiger partial charge on any atom is -0.494 e. The monoisotopic (exact) mass is 386 g/mol. The van der Waals surface area contributed by atoms with Gasteiger partial charge >= 0.3 is 0 Å². The molecule has 0 radical (unpaired) electrons. The standard InChI is InChI=1S/C23H18N2O4/c1-2-28-18-8-5-15(6-9-18)22-13-20(26)19-12-17(7-10-21(19)29-22)25-23(27)16-4-3-11-24-14-16/h3-14H,2H2,1H3,(H,25,27). The molecular formula is C23H18N2O4. The molecule has 0 fully saturated rings. The van der Waals surface area contributed by atoms with Crippen molar-refractivity contribution in [1.29, 1.82) is 0 Å². The molecule has 1 amide bonds. The Hall–Kier alpha value is -3.93. The second-order valence-electron chi connectivity index (χ2n) is 6.34. The van der Waals surface area contributed by atoms with Crippen LogP contribution in [0.25, 0.3) is 22.3 Å². The number of rotatable bonds is 5. The van der Waals surface area contributed by atoms with Gasteiger partial charge in [0.25, 0.3) is 5.91 Å². The lowest BCUT2D eigenvalue weighted by Crippen LogP contribution is -2.12. The minimum absolute atomic E-state index is 0.187. The van der Waals surface area contributed by atoms with Gasteiger partial charge in [-0.15, -0.1) is 0 Å². The first-order valence-electron chi connectivity index (χ1n) is 9.16. The number of anilines is 1. The van der Waals surface area contributed by atoms with Crippen LogP contribution in [0.4, 0.5) is 5.69 Å². The number of carbonyl (C=O) groups excluding carboxylic acids is 1. The van der Waals surface area contributed by atoms with Gasteiger partial charge in [0.05, 0.1) is 17.6 Å². The number of amides is 1. The van der Waals surface area contributed by atoms with E-state index in [4.69, 9.17) is 9.15 Å². The Morgan fingerprint density at radius 3 is 2.66 bits per heavy atom. The third-order valence-corrected chi connectivity index (χ3v) is 4.36. The molecule has 0 aliphatic heterocycles. The van der Waals surface area contributed by atoms with Gasteiger partial charge in [-0.1, -0.05) is 0 Å². The maximum absolute atomic E-state index is 12.6. The van der Waals surface area contributed by atoms with Crippen molar-refractivity contribution in [2.24, 2.45) is 0 Å². The summed E-state index contributed by atoms with van der Waals surface area (Å²) < 4.78 is 11.3. The number of nitrogens with one attached hydrogen (secondary N) is 1. The number of hydrogen-bond donors (Lipinski definition) is 1. The Bertz CT molecular complexity index is 1220. The summed E-state index contributed by atoms with van der Waals surface area (Å²) in [5.74, 6) is 0.930. The molecular weight excluding hydrogens is 368 g/mol. The number of pyridine rings is 1. The average Bonchev–Trinajstić information content (AvgIpc) is 2.75. The molecule has 0 saturated heterocycles. The van der Waals surface area contributed by atoms with E-state index in [1.54, 1.807) is 36.5 Å². The van der Waals surface area contributed by atoms with E-state index in [1.807, 2.05) is 31.2 Å². The van der Waals surface area contributed by atoms with E-state index in [9.17, 15) is 9.59 Å². The van der Waals surface area contributed by atoms with Gasteiger partial charge in [0.15, 0.2) is 5.43 Å². The molecule has 6 heteroatoms. The van der Waals surface area contributed by atoms with Gasteiger partial charge in [0, 0.05) is 29.7 Å². The summed E-state index contributed by atoms with van der Waals surface area (Å²) in [7, 11) is 0. The largest absolute Gasteiger partial charge is 0.494 e. The highest BCUT2D eigenvalue weighted by molar-refractivity contribution is 6.04. The summed E-state index contributed by atoms with van der Waals surface area (Å²) in [6.45, 7) is 2.51. The van der Waals surface area contributed by atoms with E-state index >= 15 is 0 Å². The fourth-order valence-electron chi connectivity index (χ4n) is 2.96. The molecule has 2 aromatic heterocycles. The van der Waals surface area contributed by atoms with Gasteiger partial charge < -0.3 is 14.5 Å². The smallest absolute Gasteiger partial charge is 0.257 e. The third kappa shape index (κ3) is 4.01. The predicted octanol–water partition coefficient (Wildman–Crippen LogP) is 4.51. The zero-order valence-electron chi connectivity index (χ0n) is 15.7. The summed E-state index contributed by atoms with van der Waals surface area (Å²) in [5.41, 5.74) is 1.98. The lowest BCUT2D eigenvalue weighted by molar-refractivity contribution is 0.102. The van der Waals surface area contributed by atoms with Crippen molar-refractivity contribution in [3.8, 4) is 17.1 Å². The maximum Gasteiger partial charge on any atom is 0.257 e. The second kappa shape index (κ2) is 7.98. The Labute approximate surface area is 166 Å². The highest BCUT2D eigenvalue weighted by Gasteiger charge is 2.10. The van der Waals surface area contributed by atoms with E-state index in [0.717, 1.165) is 11.3 Å². The van der Waals surface area contributed by atoms with Crippen molar-refractivity contribution in [2.75, 3.05) is 11.9 Å². The summed E-state index contributed by atoms with van der Waals surface area (Å²) in [6, 6.07) is 17.1. The van der Waals surface area contributed by atoms with Gasteiger partial charge in [0.1, 0.15) is 17.1 Å². The molecule has 144 valence electrons. The number of hydrogen-bond acceptors (Lipinski definition) is 5. The molecule has 2 aromatic carbocycles. The molecule has 0 aliphatic rings. The highest BCUT2D eigenvalue weighted by atomic mass is 16.5. The first kappa shape index (κ1) is 18.4. The normalized spacial score (nSPS) is 10.7. The van der Waals surface area contributed by atoms with Gasteiger partial charge in [-0.2, -0.15) is 0 Å². The van der Waals surface area contributed by atoms with Gasteiger partial charge in [-0.3, -0.25) is 14.6 Å². The van der Waals surface area contributed by atoms with E-state index in [-0.39, 0.29) is 11.3 Å². The lowest BCUT2D eigenvalue weighted by Gasteiger charge is -2.08. The Kier molecular flexibility index (Phi) is 5.07. The zero-order valence-corrected chi connectivity index (χ0v) is 15.7. The summed E-state index contributed by atoms with van der Waals surface area (Å²) in [6.07, 6.45) is 3.08. The predicted molar refractivity (Wildman–Crippen MR) is 111 cm³/mol. The van der Waals surface area contributed by atoms with Crippen molar-refractivity contribution in [3.63, 3.8) is 0 Å². The number of carbonyl (C=O) groups is 1. The van der Waals surface area contributed by atoms with Crippen LogP contribution in [0.5, 0.6) is 5.75 Å². The Morgan fingerprint density at radius 1 is 1.10 bits per heavy atom. The van der Waals surface area contributed by atoms with Crippen LogP contribution >= 0.6 is 0 Å². The quantitative estimate of drug-likeness (QED) is 0.546. The van der Waals surface area contributed by atoms with Crippen LogP contribution in [0.15, 0.2) is 82.3 Å². The molecule has 1 N–H and O–H groups in total. The van der Waals surface area contributed by atoms with Crippen LogP contribution in [0.2, 0.25) is 0 Å². The molecule has 0 aliphatic carbocycles.